The first-order chi connectivity index (χ1) is 11.2. The molecule has 0 bridgehead atoms. The number of fused-ring (bicyclic) bond motifs is 1. The fourth-order valence-electron chi connectivity index (χ4n) is 3.02. The minimum absolute atomic E-state index is 0.267. The molecule has 1 aromatic carbocycles. The van der Waals surface area contributed by atoms with Gasteiger partial charge in [0.1, 0.15) is 23.8 Å². The third kappa shape index (κ3) is 2.38. The molecule has 1 unspecified atom stereocenters. The van der Waals surface area contributed by atoms with Crippen LogP contribution in [0.3, 0.4) is 0 Å². The lowest BCUT2D eigenvalue weighted by atomic mass is 9.97. The van der Waals surface area contributed by atoms with Gasteiger partial charge in [-0.1, -0.05) is 0 Å². The molecule has 0 fully saturated rings. The van der Waals surface area contributed by atoms with Crippen LogP contribution in [0, 0.1) is 18.3 Å². The molecule has 7 nitrogen and oxygen atoms in total. The van der Waals surface area contributed by atoms with Crippen LogP contribution in [0.5, 0.6) is 0 Å². The van der Waals surface area contributed by atoms with Crippen LogP contribution in [0.15, 0.2) is 30.6 Å². The molecule has 3 heterocycles. The Hall–Kier alpha value is -3.01. The first kappa shape index (κ1) is 13.6. The number of aromatic nitrogens is 6. The molecule has 0 saturated carbocycles. The number of aryl methyl sites for hydroxylation is 2. The maximum Gasteiger partial charge on any atom is 0.148 e. The summed E-state index contributed by atoms with van der Waals surface area (Å²) in [6.45, 7) is 2.74. The van der Waals surface area contributed by atoms with Crippen molar-refractivity contribution in [3.63, 3.8) is 0 Å². The quantitative estimate of drug-likeness (QED) is 0.720. The van der Waals surface area contributed by atoms with Crippen molar-refractivity contribution in [3.8, 4) is 11.8 Å². The first-order valence-electron chi connectivity index (χ1n) is 7.55. The molecule has 0 amide bonds. The molecule has 0 spiro atoms. The van der Waals surface area contributed by atoms with Crippen molar-refractivity contribution in [2.24, 2.45) is 0 Å². The Balaban J connectivity index is 1.71. The van der Waals surface area contributed by atoms with E-state index in [4.69, 9.17) is 5.26 Å². The second-order valence-electron chi connectivity index (χ2n) is 5.68. The minimum atomic E-state index is 0.267. The Labute approximate surface area is 133 Å². The number of hydrogen-bond acceptors (Lipinski definition) is 5. The molecule has 2 aromatic heterocycles. The molecule has 0 saturated heterocycles. The van der Waals surface area contributed by atoms with Gasteiger partial charge in [-0.3, -0.25) is 4.68 Å². The molecular formula is C16H15N7. The van der Waals surface area contributed by atoms with Gasteiger partial charge in [-0.25, -0.2) is 14.6 Å². The highest BCUT2D eigenvalue weighted by Gasteiger charge is 2.26. The Morgan fingerprint density at radius 1 is 1.26 bits per heavy atom. The van der Waals surface area contributed by atoms with E-state index in [-0.39, 0.29) is 5.92 Å². The number of hydrogen-bond donors (Lipinski definition) is 0. The SMILES string of the molecule is Cc1nc(C2CCn3ncnc3C2)n(-c2ccc(C#N)cc2)n1. The van der Waals surface area contributed by atoms with E-state index in [9.17, 15) is 0 Å². The average molecular weight is 305 g/mol. The predicted molar refractivity (Wildman–Crippen MR) is 81.9 cm³/mol. The molecule has 23 heavy (non-hydrogen) atoms. The van der Waals surface area contributed by atoms with Gasteiger partial charge in [-0.2, -0.15) is 15.5 Å². The maximum absolute atomic E-state index is 8.93. The van der Waals surface area contributed by atoms with Crippen LogP contribution in [0.2, 0.25) is 0 Å². The van der Waals surface area contributed by atoms with Crippen LogP contribution in [-0.4, -0.2) is 29.5 Å². The van der Waals surface area contributed by atoms with Gasteiger partial charge in [0.15, 0.2) is 0 Å². The summed E-state index contributed by atoms with van der Waals surface area (Å²) in [5.41, 5.74) is 1.56. The lowest BCUT2D eigenvalue weighted by Crippen LogP contribution is -2.21. The van der Waals surface area contributed by atoms with Crippen molar-refractivity contribution in [1.29, 1.82) is 5.26 Å². The van der Waals surface area contributed by atoms with E-state index in [2.05, 4.69) is 26.2 Å². The molecule has 1 atom stereocenters. The van der Waals surface area contributed by atoms with Crippen molar-refractivity contribution < 1.29 is 0 Å². The standard InChI is InChI=1S/C16H15N7/c1-11-20-16(13-6-7-22-15(8-13)18-10-19-22)23(21-11)14-4-2-12(9-17)3-5-14/h2-5,10,13H,6-8H2,1H3. The molecule has 114 valence electrons. The summed E-state index contributed by atoms with van der Waals surface area (Å²) in [6.07, 6.45) is 3.38. The van der Waals surface area contributed by atoms with Crippen molar-refractivity contribution >= 4 is 0 Å². The van der Waals surface area contributed by atoms with Gasteiger partial charge in [0, 0.05) is 18.9 Å². The second-order valence-corrected chi connectivity index (χ2v) is 5.68. The molecule has 1 aliphatic rings. The largest absolute Gasteiger partial charge is 0.250 e. The van der Waals surface area contributed by atoms with Crippen LogP contribution in [-0.2, 0) is 13.0 Å². The molecule has 0 N–H and O–H groups in total. The van der Waals surface area contributed by atoms with E-state index in [0.29, 0.717) is 5.56 Å². The Morgan fingerprint density at radius 3 is 2.87 bits per heavy atom. The molecule has 4 rings (SSSR count). The third-order valence-corrected chi connectivity index (χ3v) is 4.16. The Kier molecular flexibility index (Phi) is 3.15. The Bertz CT molecular complexity index is 882. The highest BCUT2D eigenvalue weighted by Crippen LogP contribution is 2.28. The zero-order valence-corrected chi connectivity index (χ0v) is 12.7. The molecule has 0 aliphatic carbocycles. The maximum atomic E-state index is 8.93. The van der Waals surface area contributed by atoms with Crippen LogP contribution in [0.25, 0.3) is 5.69 Å². The van der Waals surface area contributed by atoms with E-state index in [1.807, 2.05) is 28.4 Å². The molecule has 3 aromatic rings. The summed E-state index contributed by atoms with van der Waals surface area (Å²) in [7, 11) is 0. The van der Waals surface area contributed by atoms with E-state index in [1.54, 1.807) is 18.5 Å². The van der Waals surface area contributed by atoms with Crippen LogP contribution < -0.4 is 0 Å². The zero-order chi connectivity index (χ0) is 15.8. The van der Waals surface area contributed by atoms with Crippen LogP contribution in [0.1, 0.15) is 35.4 Å². The van der Waals surface area contributed by atoms with Gasteiger partial charge < -0.3 is 0 Å². The van der Waals surface area contributed by atoms with Crippen molar-refractivity contribution in [2.75, 3.05) is 0 Å². The van der Waals surface area contributed by atoms with Gasteiger partial charge in [-0.05, 0) is 37.6 Å². The number of nitrogens with zero attached hydrogens (tertiary/aromatic N) is 7. The smallest absolute Gasteiger partial charge is 0.148 e. The van der Waals surface area contributed by atoms with E-state index in [0.717, 1.165) is 42.5 Å². The molecule has 1 aliphatic heterocycles. The van der Waals surface area contributed by atoms with Crippen LogP contribution in [0.4, 0.5) is 0 Å². The van der Waals surface area contributed by atoms with Gasteiger partial charge >= 0.3 is 0 Å². The normalized spacial score (nSPS) is 16.8. The summed E-state index contributed by atoms with van der Waals surface area (Å²) in [6, 6.07) is 9.54. The fraction of sp³-hybridized carbons (Fsp3) is 0.312. The highest BCUT2D eigenvalue weighted by atomic mass is 15.4. The summed E-state index contributed by atoms with van der Waals surface area (Å²) < 4.78 is 3.83. The summed E-state index contributed by atoms with van der Waals surface area (Å²) in [5, 5.41) is 17.7. The third-order valence-electron chi connectivity index (χ3n) is 4.16. The molecular weight excluding hydrogens is 290 g/mol. The molecule has 7 heteroatoms. The number of benzene rings is 1. The summed E-state index contributed by atoms with van der Waals surface area (Å²) in [5.74, 6) is 2.95. The number of nitriles is 1. The van der Waals surface area contributed by atoms with Gasteiger partial charge in [0.05, 0.1) is 17.3 Å². The van der Waals surface area contributed by atoms with Crippen molar-refractivity contribution in [1.82, 2.24) is 29.5 Å². The van der Waals surface area contributed by atoms with Crippen molar-refractivity contribution in [3.05, 3.63) is 53.6 Å². The van der Waals surface area contributed by atoms with E-state index >= 15 is 0 Å². The Morgan fingerprint density at radius 2 is 2.09 bits per heavy atom. The monoisotopic (exact) mass is 305 g/mol. The zero-order valence-electron chi connectivity index (χ0n) is 12.7. The minimum Gasteiger partial charge on any atom is -0.250 e. The topological polar surface area (TPSA) is 85.2 Å². The summed E-state index contributed by atoms with van der Waals surface area (Å²) >= 11 is 0. The lowest BCUT2D eigenvalue weighted by Gasteiger charge is -2.21. The fourth-order valence-corrected chi connectivity index (χ4v) is 3.02. The van der Waals surface area contributed by atoms with Gasteiger partial charge in [0.2, 0.25) is 0 Å². The van der Waals surface area contributed by atoms with Gasteiger partial charge in [-0.15, -0.1) is 0 Å². The molecule has 0 radical (unpaired) electrons. The highest BCUT2D eigenvalue weighted by molar-refractivity contribution is 5.39. The lowest BCUT2D eigenvalue weighted by molar-refractivity contribution is 0.417. The summed E-state index contributed by atoms with van der Waals surface area (Å²) in [4.78, 5) is 8.96. The van der Waals surface area contributed by atoms with Crippen molar-refractivity contribution in [2.45, 2.75) is 32.2 Å². The second kappa shape index (κ2) is 5.32. The van der Waals surface area contributed by atoms with E-state index < -0.39 is 0 Å². The first-order valence-corrected chi connectivity index (χ1v) is 7.55. The van der Waals surface area contributed by atoms with Crippen LogP contribution >= 0.6 is 0 Å². The number of rotatable bonds is 2. The predicted octanol–water partition coefficient (Wildman–Crippen LogP) is 1.77. The average Bonchev–Trinajstić information content (AvgIpc) is 3.20. The van der Waals surface area contributed by atoms with E-state index in [1.165, 1.54) is 0 Å². The van der Waals surface area contributed by atoms with Gasteiger partial charge in [0.25, 0.3) is 0 Å².